The van der Waals surface area contributed by atoms with Crippen molar-refractivity contribution in [2.75, 3.05) is 7.11 Å². The predicted molar refractivity (Wildman–Crippen MR) is 181 cm³/mol. The van der Waals surface area contributed by atoms with Crippen LogP contribution in [-0.2, 0) is 19.1 Å². The van der Waals surface area contributed by atoms with Crippen molar-refractivity contribution in [2.24, 2.45) is 80.3 Å². The molecule has 0 N–H and O–H groups in total. The first kappa shape index (κ1) is 30.3. The Morgan fingerprint density at radius 1 is 0.660 bits per heavy atom. The SMILES string of the molecule is CO[C@]12CC(=O)[C@@]3([C@H](C[C@H]4[C@@H]5CCC6=CC(=O)CC[C@]6(C)[C@H]5CC[C@@]43C)C1)[C@@H]1C[C@@H]3[C@H]4CCC5=CC(=O)CC[C@@]5(C)[C@H]4CC[C@@]3(C)[C@H]12. The van der Waals surface area contributed by atoms with E-state index in [9.17, 15) is 9.59 Å². The van der Waals surface area contributed by atoms with Gasteiger partial charge in [0.05, 0.1) is 5.60 Å². The molecule has 0 aromatic heterocycles. The topological polar surface area (TPSA) is 60.4 Å². The molecule has 9 saturated carbocycles. The third kappa shape index (κ3) is 3.27. The van der Waals surface area contributed by atoms with E-state index < -0.39 is 0 Å². The van der Waals surface area contributed by atoms with E-state index in [0.717, 1.165) is 38.5 Å². The zero-order valence-electron chi connectivity index (χ0n) is 29.8. The molecule has 0 unspecified atom stereocenters. The summed E-state index contributed by atoms with van der Waals surface area (Å²) < 4.78 is 6.81. The molecule has 2 bridgehead atoms. The molecule has 11 aliphatic rings. The van der Waals surface area contributed by atoms with E-state index in [1.54, 1.807) is 0 Å². The largest absolute Gasteiger partial charge is 0.377 e. The highest BCUT2D eigenvalue weighted by Crippen LogP contribution is 2.84. The van der Waals surface area contributed by atoms with Crippen LogP contribution in [0.2, 0.25) is 0 Å². The summed E-state index contributed by atoms with van der Waals surface area (Å²) in [4.78, 5) is 40.2. The monoisotopic (exact) mass is 638 g/mol. The highest BCUT2D eigenvalue weighted by molar-refractivity contribution is 5.92. The van der Waals surface area contributed by atoms with Crippen LogP contribution in [-0.4, -0.2) is 30.1 Å². The quantitative estimate of drug-likeness (QED) is 0.288. The van der Waals surface area contributed by atoms with Crippen LogP contribution in [0.15, 0.2) is 23.3 Å². The highest BCUT2D eigenvalue weighted by Gasteiger charge is 2.83. The second kappa shape index (κ2) is 9.21. The Bertz CT molecular complexity index is 1550. The van der Waals surface area contributed by atoms with E-state index in [4.69, 9.17) is 4.74 Å². The number of carbonyl (C=O) groups excluding carboxylic acids is 3. The van der Waals surface area contributed by atoms with E-state index in [0.29, 0.717) is 83.5 Å². The van der Waals surface area contributed by atoms with Crippen LogP contribution in [0.4, 0.5) is 0 Å². The van der Waals surface area contributed by atoms with Gasteiger partial charge in [0.25, 0.3) is 0 Å². The van der Waals surface area contributed by atoms with Crippen LogP contribution in [0.1, 0.15) is 130 Å². The van der Waals surface area contributed by atoms with E-state index in [1.165, 1.54) is 62.5 Å². The molecule has 15 atom stereocenters. The van der Waals surface area contributed by atoms with Gasteiger partial charge in [0, 0.05) is 31.8 Å². The summed E-state index contributed by atoms with van der Waals surface area (Å²) in [5, 5.41) is 0. The molecule has 0 aliphatic heterocycles. The lowest BCUT2D eigenvalue weighted by molar-refractivity contribution is -0.242. The summed E-state index contributed by atoms with van der Waals surface area (Å²) in [6.45, 7) is 10.3. The summed E-state index contributed by atoms with van der Waals surface area (Å²) in [5.41, 5.74) is 3.06. The third-order valence-corrected chi connectivity index (χ3v) is 19.6. The second-order valence-electron chi connectivity index (χ2n) is 20.1. The van der Waals surface area contributed by atoms with Crippen molar-refractivity contribution in [1.82, 2.24) is 0 Å². The second-order valence-corrected chi connectivity index (χ2v) is 20.1. The van der Waals surface area contributed by atoms with Gasteiger partial charge in [-0.1, -0.05) is 38.8 Å². The van der Waals surface area contributed by atoms with Gasteiger partial charge in [0.15, 0.2) is 11.6 Å². The fourth-order valence-corrected chi connectivity index (χ4v) is 18.0. The van der Waals surface area contributed by atoms with Crippen molar-refractivity contribution in [3.8, 4) is 0 Å². The Labute approximate surface area is 282 Å². The normalized spacial score (nSPS) is 58.6. The number of allylic oxidation sites excluding steroid dienone is 2. The standard InChI is InChI=1S/C43H58O4/c1-38-14-10-27(44)18-24(38)6-8-29-31(38)12-16-40(3)33(29)21-35-37(40)42(47-5)22-26-20-34-30-9-7-25-19-28(45)11-15-39(25,2)32(30)13-17-41(34,4)43(26,35)36(46)23-42/h18-19,26,29-35,37H,6-17,20-23H2,1-5H3/t26-,29+,30-,31+,32+,33-,34+,35-,37+,38-,39+,40-,41+,42+,43-/m1/s1. The van der Waals surface area contributed by atoms with Gasteiger partial charge in [0.1, 0.15) is 5.78 Å². The zero-order chi connectivity index (χ0) is 32.5. The molecule has 0 aromatic carbocycles. The third-order valence-electron chi connectivity index (χ3n) is 19.6. The molecule has 0 aromatic rings. The van der Waals surface area contributed by atoms with Gasteiger partial charge in [-0.3, -0.25) is 14.4 Å². The molecule has 11 rings (SSSR count). The molecular formula is C43H58O4. The molecular weight excluding hydrogens is 580 g/mol. The fraction of sp³-hybridized carbons (Fsp3) is 0.837. The molecule has 0 radical (unpaired) electrons. The maximum absolute atomic E-state index is 15.2. The Hall–Kier alpha value is -1.55. The first-order valence-electron chi connectivity index (χ1n) is 19.9. The number of hydrogen-bond donors (Lipinski definition) is 0. The van der Waals surface area contributed by atoms with Gasteiger partial charge in [-0.05, 0) is 171 Å². The van der Waals surface area contributed by atoms with Crippen LogP contribution >= 0.6 is 0 Å². The van der Waals surface area contributed by atoms with Crippen LogP contribution in [0.25, 0.3) is 0 Å². The smallest absolute Gasteiger partial charge is 0.155 e. The highest BCUT2D eigenvalue weighted by atomic mass is 16.5. The number of ether oxygens (including phenoxy) is 1. The number of Topliss-reactive ketones (excluding diaryl/α,β-unsaturated/α-hetero) is 1. The Morgan fingerprint density at radius 2 is 1.26 bits per heavy atom. The predicted octanol–water partition coefficient (Wildman–Crippen LogP) is 8.87. The van der Waals surface area contributed by atoms with E-state index in [1.807, 2.05) is 13.2 Å². The molecule has 0 heterocycles. The lowest BCUT2D eigenvalue weighted by Crippen LogP contribution is -2.71. The van der Waals surface area contributed by atoms with Crippen molar-refractivity contribution in [3.63, 3.8) is 0 Å². The number of fused-ring (bicyclic) bond motifs is 11. The number of hydrogen-bond acceptors (Lipinski definition) is 4. The summed E-state index contributed by atoms with van der Waals surface area (Å²) in [7, 11) is 1.96. The number of ketones is 3. The first-order valence-corrected chi connectivity index (χ1v) is 19.9. The summed E-state index contributed by atoms with van der Waals surface area (Å²) in [6.07, 6.45) is 21.3. The van der Waals surface area contributed by atoms with Gasteiger partial charge in [-0.25, -0.2) is 0 Å². The lowest BCUT2D eigenvalue weighted by atomic mass is 9.36. The van der Waals surface area contributed by atoms with E-state index >= 15 is 4.79 Å². The van der Waals surface area contributed by atoms with Crippen LogP contribution < -0.4 is 0 Å². The van der Waals surface area contributed by atoms with Gasteiger partial charge < -0.3 is 4.74 Å². The number of rotatable bonds is 1. The summed E-state index contributed by atoms with van der Waals surface area (Å²) >= 11 is 0. The minimum atomic E-state index is -0.299. The molecule has 11 aliphatic carbocycles. The molecule has 1 spiro atoms. The van der Waals surface area contributed by atoms with E-state index in [-0.39, 0.29) is 32.7 Å². The van der Waals surface area contributed by atoms with Crippen molar-refractivity contribution in [2.45, 2.75) is 136 Å². The Kier molecular flexibility index (Phi) is 5.94. The van der Waals surface area contributed by atoms with Gasteiger partial charge in [0.2, 0.25) is 0 Å². The van der Waals surface area contributed by atoms with Crippen molar-refractivity contribution in [3.05, 3.63) is 23.3 Å². The van der Waals surface area contributed by atoms with Gasteiger partial charge in [-0.2, -0.15) is 0 Å². The lowest BCUT2D eigenvalue weighted by Gasteiger charge is -2.68. The Morgan fingerprint density at radius 3 is 1.87 bits per heavy atom. The summed E-state index contributed by atoms with van der Waals surface area (Å²) in [5.74, 6) is 6.64. The van der Waals surface area contributed by atoms with Crippen molar-refractivity contribution in [1.29, 1.82) is 0 Å². The van der Waals surface area contributed by atoms with Crippen molar-refractivity contribution >= 4 is 17.3 Å². The summed E-state index contributed by atoms with van der Waals surface area (Å²) in [6, 6.07) is 0. The van der Waals surface area contributed by atoms with Crippen LogP contribution in [0.3, 0.4) is 0 Å². The average Bonchev–Trinajstić information content (AvgIpc) is 3.52. The number of methoxy groups -OCH3 is 1. The first-order chi connectivity index (χ1) is 22.4. The molecule has 4 heteroatoms. The van der Waals surface area contributed by atoms with Gasteiger partial charge >= 0.3 is 0 Å². The molecule has 0 saturated heterocycles. The average molecular weight is 639 g/mol. The van der Waals surface area contributed by atoms with Crippen LogP contribution in [0, 0.1) is 80.3 Å². The van der Waals surface area contributed by atoms with Crippen LogP contribution in [0.5, 0.6) is 0 Å². The molecule has 254 valence electrons. The minimum Gasteiger partial charge on any atom is -0.377 e. The molecule has 0 amide bonds. The molecule has 47 heavy (non-hydrogen) atoms. The van der Waals surface area contributed by atoms with Crippen molar-refractivity contribution < 1.29 is 19.1 Å². The number of carbonyl (C=O) groups is 3. The molecule has 4 nitrogen and oxygen atoms in total. The minimum absolute atomic E-state index is 0.0721. The maximum Gasteiger partial charge on any atom is 0.155 e. The zero-order valence-corrected chi connectivity index (χ0v) is 29.8. The maximum atomic E-state index is 15.2. The van der Waals surface area contributed by atoms with Gasteiger partial charge in [-0.15, -0.1) is 0 Å². The fourth-order valence-electron chi connectivity index (χ4n) is 18.0. The Balaban J connectivity index is 1.06. The molecule has 9 fully saturated rings. The van der Waals surface area contributed by atoms with E-state index in [2.05, 4.69) is 33.8 Å².